The van der Waals surface area contributed by atoms with Crippen LogP contribution in [0.4, 0.5) is 13.2 Å². The maximum absolute atomic E-state index is 12.6. The SMILES string of the molecule is Cc1ccc(SC(CCN)C(F)(F)F)cc1. The van der Waals surface area contributed by atoms with E-state index in [9.17, 15) is 13.2 Å². The molecule has 1 aromatic carbocycles. The largest absolute Gasteiger partial charge is 0.400 e. The van der Waals surface area contributed by atoms with Crippen LogP contribution in [0.15, 0.2) is 29.2 Å². The van der Waals surface area contributed by atoms with Crippen LogP contribution in [0.1, 0.15) is 12.0 Å². The van der Waals surface area contributed by atoms with Crippen LogP contribution in [-0.2, 0) is 0 Å². The van der Waals surface area contributed by atoms with E-state index in [2.05, 4.69) is 0 Å². The Morgan fingerprint density at radius 1 is 1.25 bits per heavy atom. The van der Waals surface area contributed by atoms with Crippen LogP contribution in [-0.4, -0.2) is 18.0 Å². The fourth-order valence-electron chi connectivity index (χ4n) is 1.22. The predicted molar refractivity (Wildman–Crippen MR) is 60.6 cm³/mol. The minimum absolute atomic E-state index is 0.0447. The van der Waals surface area contributed by atoms with Crippen molar-refractivity contribution in [2.45, 2.75) is 29.7 Å². The second-order valence-corrected chi connectivity index (χ2v) is 4.81. The highest BCUT2D eigenvalue weighted by molar-refractivity contribution is 8.00. The summed E-state index contributed by atoms with van der Waals surface area (Å²) in [5.74, 6) is 0. The average Bonchev–Trinajstić information content (AvgIpc) is 2.19. The first-order valence-electron chi connectivity index (χ1n) is 4.93. The molecule has 0 heterocycles. The van der Waals surface area contributed by atoms with Crippen molar-refractivity contribution < 1.29 is 13.2 Å². The Morgan fingerprint density at radius 2 is 1.81 bits per heavy atom. The number of halogens is 3. The van der Waals surface area contributed by atoms with Gasteiger partial charge in [0.1, 0.15) is 5.25 Å². The van der Waals surface area contributed by atoms with E-state index in [-0.39, 0.29) is 13.0 Å². The second-order valence-electron chi connectivity index (χ2n) is 3.54. The van der Waals surface area contributed by atoms with Crippen LogP contribution >= 0.6 is 11.8 Å². The molecule has 0 spiro atoms. The van der Waals surface area contributed by atoms with Crippen LogP contribution in [0, 0.1) is 6.92 Å². The lowest BCUT2D eigenvalue weighted by Crippen LogP contribution is -2.28. The molecule has 0 radical (unpaired) electrons. The summed E-state index contributed by atoms with van der Waals surface area (Å²) in [6.07, 6.45) is -4.25. The van der Waals surface area contributed by atoms with Gasteiger partial charge in [-0.3, -0.25) is 0 Å². The Kier molecular flexibility index (Phi) is 4.68. The number of nitrogens with two attached hydrogens (primary N) is 1. The number of benzene rings is 1. The highest BCUT2D eigenvalue weighted by atomic mass is 32.2. The lowest BCUT2D eigenvalue weighted by atomic mass is 10.2. The molecule has 1 nitrogen and oxygen atoms in total. The zero-order valence-corrected chi connectivity index (χ0v) is 9.74. The quantitative estimate of drug-likeness (QED) is 0.828. The van der Waals surface area contributed by atoms with E-state index in [0.29, 0.717) is 4.90 Å². The van der Waals surface area contributed by atoms with Gasteiger partial charge in [-0.1, -0.05) is 17.7 Å². The van der Waals surface area contributed by atoms with Gasteiger partial charge in [0.15, 0.2) is 0 Å². The van der Waals surface area contributed by atoms with Gasteiger partial charge in [-0.2, -0.15) is 13.2 Å². The molecule has 0 saturated carbocycles. The summed E-state index contributed by atoms with van der Waals surface area (Å²) >= 11 is 0.824. The molecular weight excluding hydrogens is 235 g/mol. The number of hydrogen-bond acceptors (Lipinski definition) is 2. The smallest absolute Gasteiger partial charge is 0.330 e. The molecule has 2 N–H and O–H groups in total. The summed E-state index contributed by atoms with van der Waals surface area (Å²) in [6.45, 7) is 1.94. The number of thioether (sulfide) groups is 1. The summed E-state index contributed by atoms with van der Waals surface area (Å²) in [4.78, 5) is 0.626. The first-order valence-corrected chi connectivity index (χ1v) is 5.81. The molecule has 0 amide bonds. The molecule has 0 aromatic heterocycles. The van der Waals surface area contributed by atoms with Crippen LogP contribution < -0.4 is 5.73 Å². The van der Waals surface area contributed by atoms with E-state index in [1.165, 1.54) is 0 Å². The van der Waals surface area contributed by atoms with Gasteiger partial charge in [0, 0.05) is 4.90 Å². The number of hydrogen-bond donors (Lipinski definition) is 1. The molecule has 0 aliphatic carbocycles. The summed E-state index contributed by atoms with van der Waals surface area (Å²) < 4.78 is 37.8. The van der Waals surface area contributed by atoms with E-state index >= 15 is 0 Å². The van der Waals surface area contributed by atoms with E-state index in [1.54, 1.807) is 24.3 Å². The van der Waals surface area contributed by atoms with Crippen LogP contribution in [0.3, 0.4) is 0 Å². The Labute approximate surface area is 97.2 Å². The van der Waals surface area contributed by atoms with Gasteiger partial charge in [0.05, 0.1) is 0 Å². The zero-order chi connectivity index (χ0) is 12.2. The minimum atomic E-state index is -4.20. The maximum atomic E-state index is 12.6. The first-order chi connectivity index (χ1) is 7.43. The van der Waals surface area contributed by atoms with Crippen molar-refractivity contribution >= 4 is 11.8 Å². The zero-order valence-electron chi connectivity index (χ0n) is 8.92. The highest BCUT2D eigenvalue weighted by Crippen LogP contribution is 2.36. The second kappa shape index (κ2) is 5.59. The van der Waals surface area contributed by atoms with Crippen molar-refractivity contribution in [2.75, 3.05) is 6.54 Å². The number of alkyl halides is 3. The van der Waals surface area contributed by atoms with Gasteiger partial charge < -0.3 is 5.73 Å². The molecule has 90 valence electrons. The third kappa shape index (κ3) is 4.06. The number of aryl methyl sites for hydroxylation is 1. The monoisotopic (exact) mass is 249 g/mol. The normalized spacial score (nSPS) is 13.8. The maximum Gasteiger partial charge on any atom is 0.400 e. The number of rotatable bonds is 4. The lowest BCUT2D eigenvalue weighted by molar-refractivity contribution is -0.129. The summed E-state index contributed by atoms with van der Waals surface area (Å²) in [6, 6.07) is 7.01. The fourth-order valence-corrected chi connectivity index (χ4v) is 2.23. The molecule has 0 bridgehead atoms. The molecule has 16 heavy (non-hydrogen) atoms. The van der Waals surface area contributed by atoms with Crippen molar-refractivity contribution in [1.82, 2.24) is 0 Å². The Morgan fingerprint density at radius 3 is 2.25 bits per heavy atom. The molecule has 0 saturated heterocycles. The molecule has 1 atom stereocenters. The van der Waals surface area contributed by atoms with E-state index in [0.717, 1.165) is 17.3 Å². The van der Waals surface area contributed by atoms with Crippen LogP contribution in [0.2, 0.25) is 0 Å². The van der Waals surface area contributed by atoms with Gasteiger partial charge >= 0.3 is 6.18 Å². The lowest BCUT2D eigenvalue weighted by Gasteiger charge is -2.19. The average molecular weight is 249 g/mol. The van der Waals surface area contributed by atoms with Crippen molar-refractivity contribution in [3.05, 3.63) is 29.8 Å². The van der Waals surface area contributed by atoms with Crippen LogP contribution in [0.5, 0.6) is 0 Å². The molecular formula is C11H14F3NS. The molecule has 1 aromatic rings. The van der Waals surface area contributed by atoms with Gasteiger partial charge in [-0.05, 0) is 32.0 Å². The predicted octanol–water partition coefficient (Wildman–Crippen LogP) is 3.37. The van der Waals surface area contributed by atoms with E-state index in [1.807, 2.05) is 6.92 Å². The standard InChI is InChI=1S/C11H14F3NS/c1-8-2-4-9(5-3-8)16-10(6-7-15)11(12,13)14/h2-5,10H,6-7,15H2,1H3. The molecule has 0 aliphatic heterocycles. The Balaban J connectivity index is 2.72. The Bertz CT molecular complexity index is 321. The third-order valence-corrected chi connectivity index (χ3v) is 3.43. The minimum Gasteiger partial charge on any atom is -0.330 e. The molecule has 1 rings (SSSR count). The van der Waals surface area contributed by atoms with Gasteiger partial charge in [-0.25, -0.2) is 0 Å². The molecule has 0 fully saturated rings. The van der Waals surface area contributed by atoms with Crippen molar-refractivity contribution in [3.8, 4) is 0 Å². The topological polar surface area (TPSA) is 26.0 Å². The van der Waals surface area contributed by atoms with E-state index in [4.69, 9.17) is 5.73 Å². The fraction of sp³-hybridized carbons (Fsp3) is 0.455. The summed E-state index contributed by atoms with van der Waals surface area (Å²) in [7, 11) is 0. The van der Waals surface area contributed by atoms with Gasteiger partial charge in [0.25, 0.3) is 0 Å². The first kappa shape index (κ1) is 13.4. The summed E-state index contributed by atoms with van der Waals surface area (Å²) in [5, 5.41) is -1.42. The summed E-state index contributed by atoms with van der Waals surface area (Å²) in [5.41, 5.74) is 6.22. The Hall–Kier alpha value is -0.680. The van der Waals surface area contributed by atoms with Crippen molar-refractivity contribution in [2.24, 2.45) is 5.73 Å². The molecule has 1 unspecified atom stereocenters. The van der Waals surface area contributed by atoms with Crippen molar-refractivity contribution in [3.63, 3.8) is 0 Å². The van der Waals surface area contributed by atoms with Gasteiger partial charge in [-0.15, -0.1) is 11.8 Å². The van der Waals surface area contributed by atoms with Crippen molar-refractivity contribution in [1.29, 1.82) is 0 Å². The van der Waals surface area contributed by atoms with Gasteiger partial charge in [0.2, 0.25) is 0 Å². The van der Waals surface area contributed by atoms with E-state index < -0.39 is 11.4 Å². The molecule has 0 aliphatic rings. The third-order valence-electron chi connectivity index (χ3n) is 2.09. The highest BCUT2D eigenvalue weighted by Gasteiger charge is 2.39. The van der Waals surface area contributed by atoms with Crippen LogP contribution in [0.25, 0.3) is 0 Å². The molecule has 5 heteroatoms.